The van der Waals surface area contributed by atoms with Crippen LogP contribution in [0.4, 0.5) is 0 Å². The predicted molar refractivity (Wildman–Crippen MR) is 74.7 cm³/mol. The van der Waals surface area contributed by atoms with Gasteiger partial charge in [-0.3, -0.25) is 4.84 Å². The molecular formula is C17H19NO2. The number of hydrogen-bond donors (Lipinski definition) is 0. The molecule has 2 aliphatic heterocycles. The van der Waals surface area contributed by atoms with Crippen LogP contribution in [0.3, 0.4) is 0 Å². The van der Waals surface area contributed by atoms with Crippen molar-refractivity contribution >= 4 is 0 Å². The molecule has 0 radical (unpaired) electrons. The fourth-order valence-electron chi connectivity index (χ4n) is 5.39. The minimum Gasteiger partial charge on any atom is -0.379 e. The molecule has 5 atom stereocenters. The van der Waals surface area contributed by atoms with Gasteiger partial charge in [0.05, 0.1) is 24.7 Å². The maximum Gasteiger partial charge on any atom is 0.131 e. The van der Waals surface area contributed by atoms with Gasteiger partial charge in [-0.1, -0.05) is 42.5 Å². The fourth-order valence-corrected chi connectivity index (χ4v) is 5.39. The lowest BCUT2D eigenvalue weighted by Gasteiger charge is -2.43. The Bertz CT molecular complexity index is 586. The van der Waals surface area contributed by atoms with Gasteiger partial charge >= 0.3 is 0 Å². The Kier molecular flexibility index (Phi) is 2.03. The molecule has 0 unspecified atom stereocenters. The first-order chi connectivity index (χ1) is 9.79. The summed E-state index contributed by atoms with van der Waals surface area (Å²) in [6, 6.07) is 11.2. The number of hydrogen-bond acceptors (Lipinski definition) is 3. The topological polar surface area (TPSA) is 21.7 Å². The van der Waals surface area contributed by atoms with Crippen LogP contribution in [0.5, 0.6) is 0 Å². The average Bonchev–Trinajstić information content (AvgIpc) is 3.18. The highest BCUT2D eigenvalue weighted by atomic mass is 16.7. The molecule has 2 heterocycles. The van der Waals surface area contributed by atoms with E-state index in [2.05, 4.69) is 54.6 Å². The van der Waals surface area contributed by atoms with Crippen LogP contribution in [-0.2, 0) is 15.2 Å². The second-order valence-electron chi connectivity index (χ2n) is 6.64. The summed E-state index contributed by atoms with van der Waals surface area (Å²) in [5.41, 5.74) is 1.20. The molecule has 1 saturated carbocycles. The van der Waals surface area contributed by atoms with Crippen molar-refractivity contribution in [2.24, 2.45) is 17.3 Å². The first-order valence-corrected chi connectivity index (χ1v) is 7.52. The van der Waals surface area contributed by atoms with E-state index in [4.69, 9.17) is 9.57 Å². The third kappa shape index (κ3) is 1.01. The quantitative estimate of drug-likeness (QED) is 0.731. The zero-order valence-electron chi connectivity index (χ0n) is 11.7. The minimum atomic E-state index is -0.219. The number of nitrogens with zero attached hydrogens (tertiary/aromatic N) is 1. The first-order valence-electron chi connectivity index (χ1n) is 7.52. The third-order valence-corrected chi connectivity index (χ3v) is 6.10. The van der Waals surface area contributed by atoms with E-state index in [1.54, 1.807) is 0 Å². The molecule has 2 saturated heterocycles. The Hall–Kier alpha value is -1.16. The first kappa shape index (κ1) is 11.5. The van der Waals surface area contributed by atoms with Crippen LogP contribution >= 0.6 is 0 Å². The molecule has 0 N–H and O–H groups in total. The molecular weight excluding hydrogens is 250 g/mol. The van der Waals surface area contributed by atoms with Crippen molar-refractivity contribution in [3.05, 3.63) is 48.0 Å². The lowest BCUT2D eigenvalue weighted by molar-refractivity contribution is -0.224. The van der Waals surface area contributed by atoms with Gasteiger partial charge in [0.1, 0.15) is 5.60 Å². The number of likely N-dealkylation sites (N-methyl/N-ethyl adjacent to an activating group) is 1. The van der Waals surface area contributed by atoms with Crippen LogP contribution in [-0.4, -0.2) is 31.4 Å². The van der Waals surface area contributed by atoms with Gasteiger partial charge in [0.2, 0.25) is 0 Å². The Morgan fingerprint density at radius 1 is 1.15 bits per heavy atom. The predicted octanol–water partition coefficient (Wildman–Crippen LogP) is 2.35. The molecule has 2 aliphatic carbocycles. The van der Waals surface area contributed by atoms with Crippen molar-refractivity contribution in [1.82, 2.24) is 5.06 Å². The maximum atomic E-state index is 6.55. The van der Waals surface area contributed by atoms with Gasteiger partial charge in [-0.2, -0.15) is 5.06 Å². The van der Waals surface area contributed by atoms with E-state index in [9.17, 15) is 0 Å². The summed E-state index contributed by atoms with van der Waals surface area (Å²) >= 11 is 0. The molecule has 0 amide bonds. The molecule has 20 heavy (non-hydrogen) atoms. The number of hydroxylamine groups is 2. The van der Waals surface area contributed by atoms with Gasteiger partial charge in [-0.15, -0.1) is 0 Å². The van der Waals surface area contributed by atoms with E-state index >= 15 is 0 Å². The van der Waals surface area contributed by atoms with E-state index in [0.717, 1.165) is 13.2 Å². The number of ether oxygens (including phenoxy) is 1. The molecule has 3 heteroatoms. The van der Waals surface area contributed by atoms with E-state index in [1.807, 2.05) is 0 Å². The van der Waals surface area contributed by atoms with Crippen LogP contribution in [0.2, 0.25) is 0 Å². The molecule has 1 spiro atoms. The van der Waals surface area contributed by atoms with Crippen LogP contribution in [0.15, 0.2) is 42.5 Å². The number of rotatable bonds is 1. The highest BCUT2D eigenvalue weighted by Gasteiger charge is 2.77. The number of benzene rings is 1. The van der Waals surface area contributed by atoms with Crippen LogP contribution < -0.4 is 0 Å². The van der Waals surface area contributed by atoms with Crippen molar-refractivity contribution in [1.29, 1.82) is 0 Å². The van der Waals surface area contributed by atoms with Crippen molar-refractivity contribution in [2.45, 2.75) is 18.1 Å². The van der Waals surface area contributed by atoms with Crippen LogP contribution in [0, 0.1) is 17.3 Å². The fraction of sp³-hybridized carbons (Fsp3) is 0.529. The molecule has 0 aromatic heterocycles. The smallest absolute Gasteiger partial charge is 0.131 e. The largest absolute Gasteiger partial charge is 0.379 e. The van der Waals surface area contributed by atoms with Crippen molar-refractivity contribution in [3.8, 4) is 0 Å². The zero-order chi connectivity index (χ0) is 13.4. The van der Waals surface area contributed by atoms with Gasteiger partial charge in [0.25, 0.3) is 0 Å². The van der Waals surface area contributed by atoms with Crippen molar-refractivity contribution in [2.75, 3.05) is 20.3 Å². The van der Waals surface area contributed by atoms with Crippen molar-refractivity contribution < 1.29 is 9.57 Å². The lowest BCUT2D eigenvalue weighted by Crippen LogP contribution is -2.50. The summed E-state index contributed by atoms with van der Waals surface area (Å²) in [4.78, 5) is 6.55. The highest BCUT2D eigenvalue weighted by Crippen LogP contribution is 2.71. The Balaban J connectivity index is 1.79. The summed E-state index contributed by atoms with van der Waals surface area (Å²) < 4.78 is 5.93. The van der Waals surface area contributed by atoms with E-state index in [0.29, 0.717) is 17.9 Å². The van der Waals surface area contributed by atoms with Gasteiger partial charge in [-0.25, -0.2) is 0 Å². The molecule has 3 fully saturated rings. The summed E-state index contributed by atoms with van der Waals surface area (Å²) in [5.74, 6) is 1.06. The Morgan fingerprint density at radius 2 is 1.95 bits per heavy atom. The Labute approximate surface area is 119 Å². The molecule has 4 aliphatic rings. The van der Waals surface area contributed by atoms with Crippen LogP contribution in [0.25, 0.3) is 0 Å². The maximum absolute atomic E-state index is 6.55. The monoisotopic (exact) mass is 269 g/mol. The van der Waals surface area contributed by atoms with E-state index in [1.165, 1.54) is 12.0 Å². The highest BCUT2D eigenvalue weighted by molar-refractivity contribution is 5.40. The second kappa shape index (κ2) is 3.53. The summed E-state index contributed by atoms with van der Waals surface area (Å²) in [5, 5.41) is 2.08. The Morgan fingerprint density at radius 3 is 2.80 bits per heavy atom. The molecule has 3 nitrogen and oxygen atoms in total. The standard InChI is InChI=1S/C17H19NO2/c1-18-15-10-19-11-16(15)13-7-8-14(9-13)17(16,20-18)12-5-3-2-4-6-12/h2-8,13-15H,9-11H2,1H3/t13-,14+,15-,16-,17-/m0/s1. The van der Waals surface area contributed by atoms with Gasteiger partial charge in [0.15, 0.2) is 0 Å². The number of fused-ring (bicyclic) bond motifs is 3. The number of allylic oxidation sites excluding steroid dienone is 1. The minimum absolute atomic E-state index is 0.0997. The lowest BCUT2D eigenvalue weighted by atomic mass is 9.61. The summed E-state index contributed by atoms with van der Waals surface area (Å²) in [6.07, 6.45) is 6.00. The zero-order valence-corrected chi connectivity index (χ0v) is 11.7. The molecule has 1 aromatic rings. The average molecular weight is 269 g/mol. The van der Waals surface area contributed by atoms with E-state index in [-0.39, 0.29) is 11.0 Å². The van der Waals surface area contributed by atoms with Crippen molar-refractivity contribution in [3.63, 3.8) is 0 Å². The van der Waals surface area contributed by atoms with Gasteiger partial charge < -0.3 is 4.74 Å². The van der Waals surface area contributed by atoms with E-state index < -0.39 is 0 Å². The molecule has 1 aromatic carbocycles. The van der Waals surface area contributed by atoms with Gasteiger partial charge in [0, 0.05) is 13.0 Å². The third-order valence-electron chi connectivity index (χ3n) is 6.10. The summed E-state index contributed by atoms with van der Waals surface area (Å²) in [6.45, 7) is 1.62. The summed E-state index contributed by atoms with van der Waals surface area (Å²) in [7, 11) is 2.07. The molecule has 2 bridgehead atoms. The SMILES string of the molecule is CN1O[C@@]2(c3ccccc3)[C@@H]3C=C[C@@H](C3)[C@]23COC[C@H]13. The normalized spacial score (nSPS) is 48.8. The van der Waals surface area contributed by atoms with Gasteiger partial charge in [-0.05, 0) is 17.9 Å². The second-order valence-corrected chi connectivity index (χ2v) is 6.64. The molecule has 104 valence electrons. The van der Waals surface area contributed by atoms with Crippen LogP contribution in [0.1, 0.15) is 12.0 Å². The molecule has 5 rings (SSSR count).